The van der Waals surface area contributed by atoms with Gasteiger partial charge in [-0.25, -0.2) is 9.78 Å². The van der Waals surface area contributed by atoms with Gasteiger partial charge >= 0.3 is 6.09 Å². The van der Waals surface area contributed by atoms with Gasteiger partial charge in [-0.1, -0.05) is 12.1 Å². The molecule has 0 saturated carbocycles. The standard InChI is InChI=1S/C28H34N6O5/c1-18(35)21-16-29-26(30-19-10-12-20(13-11-19)34-14-15-38-24(17-34)37-5)33-25(21)31-22-8-6-7-9-23(22)32-27(36)39-28(2,3)4/h6-13,16,24H,14-15,17H2,1-5H3,(H,32,36)(H2,29,30,31,33). The van der Waals surface area contributed by atoms with Crippen LogP contribution in [0.3, 0.4) is 0 Å². The number of hydrogen-bond donors (Lipinski definition) is 3. The lowest BCUT2D eigenvalue weighted by Gasteiger charge is -2.33. The Labute approximate surface area is 227 Å². The van der Waals surface area contributed by atoms with E-state index in [-0.39, 0.29) is 12.1 Å². The quantitative estimate of drug-likeness (QED) is 0.327. The highest BCUT2D eigenvalue weighted by Crippen LogP contribution is 2.28. The Morgan fingerprint density at radius 1 is 1.05 bits per heavy atom. The van der Waals surface area contributed by atoms with Gasteiger partial charge in [0.05, 0.1) is 30.1 Å². The van der Waals surface area contributed by atoms with E-state index in [4.69, 9.17) is 14.2 Å². The van der Waals surface area contributed by atoms with E-state index in [1.54, 1.807) is 52.1 Å². The number of carbonyl (C=O) groups excluding carboxylic acids is 2. The lowest BCUT2D eigenvalue weighted by Crippen LogP contribution is -2.43. The summed E-state index contributed by atoms with van der Waals surface area (Å²) < 4.78 is 16.2. The maximum Gasteiger partial charge on any atom is 0.412 e. The number of para-hydroxylation sites is 2. The SMILES string of the molecule is COC1CN(c2ccc(Nc3ncc(C(C)=O)c(Nc4ccccc4NC(=O)OC(C)(C)C)n3)cc2)CCO1. The number of carbonyl (C=O) groups is 2. The number of aromatic nitrogens is 2. The van der Waals surface area contributed by atoms with Gasteiger partial charge in [0.15, 0.2) is 12.1 Å². The van der Waals surface area contributed by atoms with Crippen LogP contribution in [-0.4, -0.2) is 60.5 Å². The number of amides is 1. The summed E-state index contributed by atoms with van der Waals surface area (Å²) in [6, 6.07) is 15.0. The summed E-state index contributed by atoms with van der Waals surface area (Å²) in [4.78, 5) is 35.8. The predicted octanol–water partition coefficient (Wildman–Crippen LogP) is 5.32. The first-order chi connectivity index (χ1) is 18.6. The predicted molar refractivity (Wildman–Crippen MR) is 150 cm³/mol. The Hall–Kier alpha value is -4.22. The molecule has 1 saturated heterocycles. The van der Waals surface area contributed by atoms with E-state index in [2.05, 4.69) is 30.8 Å². The average Bonchev–Trinajstić information content (AvgIpc) is 2.89. The number of nitrogens with zero attached hydrogens (tertiary/aromatic N) is 3. The Bertz CT molecular complexity index is 1310. The van der Waals surface area contributed by atoms with E-state index in [0.29, 0.717) is 41.9 Å². The number of nitrogens with one attached hydrogen (secondary N) is 3. The van der Waals surface area contributed by atoms with Gasteiger partial charge in [-0.3, -0.25) is 10.1 Å². The number of anilines is 6. The molecule has 1 unspecified atom stereocenters. The van der Waals surface area contributed by atoms with Crippen molar-refractivity contribution in [2.45, 2.75) is 39.6 Å². The molecule has 1 aromatic heterocycles. The molecule has 2 heterocycles. The van der Waals surface area contributed by atoms with Crippen molar-refractivity contribution in [3.63, 3.8) is 0 Å². The summed E-state index contributed by atoms with van der Waals surface area (Å²) in [6.07, 6.45) is 0.628. The van der Waals surface area contributed by atoms with Crippen molar-refractivity contribution in [2.24, 2.45) is 0 Å². The molecule has 1 aliphatic heterocycles. The van der Waals surface area contributed by atoms with Crippen molar-refractivity contribution in [2.75, 3.05) is 47.7 Å². The van der Waals surface area contributed by atoms with Gasteiger partial charge in [-0.15, -0.1) is 0 Å². The third-order valence-corrected chi connectivity index (χ3v) is 5.77. The normalized spacial score (nSPS) is 15.4. The van der Waals surface area contributed by atoms with Crippen LogP contribution in [0, 0.1) is 0 Å². The maximum atomic E-state index is 12.4. The number of Topliss-reactive ketones (excluding diaryl/α,β-unsaturated/α-hetero) is 1. The van der Waals surface area contributed by atoms with Gasteiger partial charge in [-0.2, -0.15) is 4.98 Å². The Morgan fingerprint density at radius 3 is 2.44 bits per heavy atom. The first-order valence-electron chi connectivity index (χ1n) is 12.6. The molecule has 0 aliphatic carbocycles. The van der Waals surface area contributed by atoms with E-state index in [9.17, 15) is 9.59 Å². The van der Waals surface area contributed by atoms with Crippen molar-refractivity contribution >= 4 is 46.4 Å². The van der Waals surface area contributed by atoms with Crippen LogP contribution < -0.4 is 20.9 Å². The minimum Gasteiger partial charge on any atom is -0.444 e. The number of morpholine rings is 1. The van der Waals surface area contributed by atoms with Gasteiger partial charge in [0.25, 0.3) is 0 Å². The molecule has 1 fully saturated rings. The third-order valence-electron chi connectivity index (χ3n) is 5.77. The molecule has 11 nitrogen and oxygen atoms in total. The number of methoxy groups -OCH3 is 1. The fourth-order valence-corrected chi connectivity index (χ4v) is 3.92. The molecule has 0 spiro atoms. The summed E-state index contributed by atoms with van der Waals surface area (Å²) in [5.74, 6) is 0.401. The monoisotopic (exact) mass is 534 g/mol. The van der Waals surface area contributed by atoms with Gasteiger partial charge in [0.1, 0.15) is 11.4 Å². The molecule has 3 aromatic rings. The number of rotatable bonds is 8. The molecular weight excluding hydrogens is 500 g/mol. The highest BCUT2D eigenvalue weighted by Gasteiger charge is 2.21. The van der Waals surface area contributed by atoms with Crippen molar-refractivity contribution in [1.82, 2.24) is 9.97 Å². The van der Waals surface area contributed by atoms with Crippen LogP contribution >= 0.6 is 0 Å². The number of ketones is 1. The highest BCUT2D eigenvalue weighted by molar-refractivity contribution is 6.00. The zero-order valence-corrected chi connectivity index (χ0v) is 22.8. The van der Waals surface area contributed by atoms with Crippen LogP contribution in [0.4, 0.5) is 39.3 Å². The molecule has 2 aromatic carbocycles. The van der Waals surface area contributed by atoms with Crippen molar-refractivity contribution in [1.29, 1.82) is 0 Å². The highest BCUT2D eigenvalue weighted by atomic mass is 16.7. The topological polar surface area (TPSA) is 127 Å². The Kier molecular flexibility index (Phi) is 8.62. The minimum atomic E-state index is -0.645. The Morgan fingerprint density at radius 2 is 1.77 bits per heavy atom. The second-order valence-electron chi connectivity index (χ2n) is 9.96. The fourth-order valence-electron chi connectivity index (χ4n) is 3.92. The fraction of sp³-hybridized carbons (Fsp3) is 0.357. The second-order valence-corrected chi connectivity index (χ2v) is 9.96. The molecular formula is C28H34N6O5. The minimum absolute atomic E-state index is 0.203. The molecule has 39 heavy (non-hydrogen) atoms. The summed E-state index contributed by atoms with van der Waals surface area (Å²) in [5.41, 5.74) is 2.51. The van der Waals surface area contributed by atoms with Gasteiger partial charge in [-0.05, 0) is 64.1 Å². The molecule has 11 heteroatoms. The van der Waals surface area contributed by atoms with Crippen LogP contribution in [0.5, 0.6) is 0 Å². The van der Waals surface area contributed by atoms with E-state index in [1.165, 1.54) is 13.1 Å². The van der Waals surface area contributed by atoms with Crippen LogP contribution in [-0.2, 0) is 14.2 Å². The van der Waals surface area contributed by atoms with Gasteiger partial charge < -0.3 is 29.7 Å². The average molecular weight is 535 g/mol. The number of hydrogen-bond acceptors (Lipinski definition) is 10. The molecule has 4 rings (SSSR count). The molecule has 0 radical (unpaired) electrons. The maximum absolute atomic E-state index is 12.4. The largest absolute Gasteiger partial charge is 0.444 e. The molecule has 1 aliphatic rings. The van der Waals surface area contributed by atoms with E-state index in [0.717, 1.165) is 17.9 Å². The lowest BCUT2D eigenvalue weighted by atomic mass is 10.2. The molecule has 206 valence electrons. The second kappa shape index (κ2) is 12.1. The smallest absolute Gasteiger partial charge is 0.412 e. The number of benzene rings is 2. The summed E-state index contributed by atoms with van der Waals surface area (Å²) in [7, 11) is 1.64. The first-order valence-corrected chi connectivity index (χ1v) is 12.6. The summed E-state index contributed by atoms with van der Waals surface area (Å²) >= 11 is 0. The van der Waals surface area contributed by atoms with Crippen molar-refractivity contribution in [3.05, 3.63) is 60.3 Å². The first kappa shape index (κ1) is 27.8. The number of ether oxygens (including phenoxy) is 3. The van der Waals surface area contributed by atoms with Crippen LogP contribution in [0.15, 0.2) is 54.7 Å². The van der Waals surface area contributed by atoms with Gasteiger partial charge in [0.2, 0.25) is 5.95 Å². The van der Waals surface area contributed by atoms with E-state index >= 15 is 0 Å². The Balaban J connectivity index is 1.51. The molecule has 1 atom stereocenters. The zero-order valence-electron chi connectivity index (χ0n) is 22.8. The van der Waals surface area contributed by atoms with Crippen LogP contribution in [0.1, 0.15) is 38.1 Å². The van der Waals surface area contributed by atoms with E-state index in [1.807, 2.05) is 24.3 Å². The van der Waals surface area contributed by atoms with Gasteiger partial charge in [0, 0.05) is 31.2 Å². The van der Waals surface area contributed by atoms with Crippen LogP contribution in [0.25, 0.3) is 0 Å². The van der Waals surface area contributed by atoms with Crippen molar-refractivity contribution < 1.29 is 23.8 Å². The zero-order chi connectivity index (χ0) is 28.0. The van der Waals surface area contributed by atoms with E-state index < -0.39 is 11.7 Å². The molecule has 3 N–H and O–H groups in total. The summed E-state index contributed by atoms with van der Waals surface area (Å²) in [6.45, 7) is 8.84. The molecule has 1 amide bonds. The van der Waals surface area contributed by atoms with Crippen molar-refractivity contribution in [3.8, 4) is 0 Å². The summed E-state index contributed by atoms with van der Waals surface area (Å²) in [5, 5.41) is 9.10. The lowest BCUT2D eigenvalue weighted by molar-refractivity contribution is -0.128. The third kappa shape index (κ3) is 7.65. The molecule has 0 bridgehead atoms. The van der Waals surface area contributed by atoms with Crippen LogP contribution in [0.2, 0.25) is 0 Å².